The largest absolute Gasteiger partial charge is 0.481 e. The van der Waals surface area contributed by atoms with E-state index in [1.165, 1.54) is 4.90 Å². The molecule has 0 spiro atoms. The Hall–Kier alpha value is -2.89. The lowest BCUT2D eigenvalue weighted by molar-refractivity contribution is -0.165. The van der Waals surface area contributed by atoms with Crippen molar-refractivity contribution in [3.63, 3.8) is 0 Å². The maximum Gasteiger partial charge on any atom is 0.329 e. The molecule has 2 heterocycles. The van der Waals surface area contributed by atoms with Crippen molar-refractivity contribution in [2.75, 3.05) is 6.54 Å². The number of piperidine rings is 1. The summed E-state index contributed by atoms with van der Waals surface area (Å²) < 4.78 is 5.48. The monoisotopic (exact) mass is 468 g/mol. The Morgan fingerprint density at radius 3 is 2.52 bits per heavy atom. The van der Waals surface area contributed by atoms with Crippen LogP contribution in [0.3, 0.4) is 0 Å². The van der Waals surface area contributed by atoms with Crippen LogP contribution in [0.5, 0.6) is 0 Å². The van der Waals surface area contributed by atoms with Crippen molar-refractivity contribution in [1.82, 2.24) is 10.2 Å². The molecule has 0 radical (unpaired) electrons. The van der Waals surface area contributed by atoms with E-state index in [1.807, 2.05) is 0 Å². The molecule has 0 aliphatic carbocycles. The zero-order chi connectivity index (χ0) is 24.9. The number of aliphatic imine (C=N–C) groups is 1. The zero-order valence-corrected chi connectivity index (χ0v) is 19.5. The summed E-state index contributed by atoms with van der Waals surface area (Å²) in [4.78, 5) is 55.2. The van der Waals surface area contributed by atoms with E-state index < -0.39 is 53.5 Å². The Kier molecular flexibility index (Phi) is 8.64. The number of rotatable bonds is 9. The number of carboxylic acid groups (broad SMARTS) is 1. The van der Waals surface area contributed by atoms with Crippen LogP contribution in [-0.2, 0) is 23.9 Å². The standard InChI is InChI=1S/C21H36N6O6/c1-21(2,3)33-19(32)15-9-11(10-16(28)29)14-7-6-13(18(31)27(14)15)26-17(30)12(22)5-4-8-25-20(23)24/h11-15H,4-10,22H2,1-3H3,(H,26,30)(H,28,29)(H4,23,24,25)/t11-,12-,13-,14+,15-/m0/s1. The lowest BCUT2D eigenvalue weighted by Gasteiger charge is -2.39. The van der Waals surface area contributed by atoms with Gasteiger partial charge in [-0.2, -0.15) is 0 Å². The summed E-state index contributed by atoms with van der Waals surface area (Å²) in [7, 11) is 0. The van der Waals surface area contributed by atoms with E-state index in [1.54, 1.807) is 20.8 Å². The van der Waals surface area contributed by atoms with Gasteiger partial charge in [0.05, 0.1) is 12.5 Å². The number of hydrogen-bond donors (Lipinski definition) is 5. The number of esters is 1. The fourth-order valence-electron chi connectivity index (χ4n) is 4.43. The van der Waals surface area contributed by atoms with Gasteiger partial charge in [-0.05, 0) is 58.8 Å². The second-order valence-corrected chi connectivity index (χ2v) is 9.65. The number of guanidine groups is 1. The molecule has 0 aromatic rings. The van der Waals surface area contributed by atoms with Crippen LogP contribution in [0.15, 0.2) is 4.99 Å². The summed E-state index contributed by atoms with van der Waals surface area (Å²) in [6, 6.07) is -2.97. The topological polar surface area (TPSA) is 203 Å². The number of carbonyl (C=O) groups excluding carboxylic acids is 3. The fourth-order valence-corrected chi connectivity index (χ4v) is 4.43. The van der Waals surface area contributed by atoms with Crippen LogP contribution >= 0.6 is 0 Å². The molecular formula is C21H36N6O6. The summed E-state index contributed by atoms with van der Waals surface area (Å²) in [6.07, 6.45) is 1.69. The number of ether oxygens (including phenoxy) is 1. The molecule has 0 aromatic heterocycles. The third-order valence-corrected chi connectivity index (χ3v) is 5.80. The van der Waals surface area contributed by atoms with Crippen LogP contribution in [-0.4, -0.2) is 76.0 Å². The minimum atomic E-state index is -0.987. The van der Waals surface area contributed by atoms with Gasteiger partial charge in [-0.3, -0.25) is 19.4 Å². The molecule has 2 aliphatic heterocycles. The quantitative estimate of drug-likeness (QED) is 0.122. The van der Waals surface area contributed by atoms with Gasteiger partial charge in [0.15, 0.2) is 5.96 Å². The molecule has 5 atom stereocenters. The van der Waals surface area contributed by atoms with E-state index in [2.05, 4.69) is 10.3 Å². The van der Waals surface area contributed by atoms with Gasteiger partial charge >= 0.3 is 11.9 Å². The van der Waals surface area contributed by atoms with Gasteiger partial charge in [0, 0.05) is 12.6 Å². The summed E-state index contributed by atoms with van der Waals surface area (Å²) >= 11 is 0. The fraction of sp³-hybridized carbons (Fsp3) is 0.762. The molecule has 186 valence electrons. The number of nitrogens with one attached hydrogen (secondary N) is 1. The summed E-state index contributed by atoms with van der Waals surface area (Å²) in [5.41, 5.74) is 15.7. The number of nitrogens with zero attached hydrogens (tertiary/aromatic N) is 2. The van der Waals surface area contributed by atoms with Crippen LogP contribution in [0.2, 0.25) is 0 Å². The Morgan fingerprint density at radius 1 is 1.27 bits per heavy atom. The van der Waals surface area contributed by atoms with Gasteiger partial charge in [-0.15, -0.1) is 0 Å². The predicted octanol–water partition coefficient (Wildman–Crippen LogP) is -0.952. The SMILES string of the molecule is CC(C)(C)OC(=O)[C@@H]1C[C@@H](CC(=O)O)[C@H]2CC[C@H](NC(=O)[C@@H](N)CCCN=C(N)N)C(=O)N21. The van der Waals surface area contributed by atoms with Gasteiger partial charge in [0.1, 0.15) is 17.7 Å². The molecule has 8 N–H and O–H groups in total. The summed E-state index contributed by atoms with van der Waals surface area (Å²) in [6.45, 7) is 5.51. The average molecular weight is 469 g/mol. The van der Waals surface area contributed by atoms with E-state index in [4.69, 9.17) is 21.9 Å². The van der Waals surface area contributed by atoms with Gasteiger partial charge in [0.25, 0.3) is 0 Å². The average Bonchev–Trinajstić information content (AvgIpc) is 3.04. The van der Waals surface area contributed by atoms with Crippen molar-refractivity contribution >= 4 is 29.7 Å². The van der Waals surface area contributed by atoms with Crippen LogP contribution in [0.1, 0.15) is 59.3 Å². The van der Waals surface area contributed by atoms with E-state index >= 15 is 0 Å². The molecule has 2 fully saturated rings. The molecule has 2 rings (SSSR count). The Morgan fingerprint density at radius 2 is 1.94 bits per heavy atom. The van der Waals surface area contributed by atoms with E-state index in [0.717, 1.165) is 0 Å². The highest BCUT2D eigenvalue weighted by atomic mass is 16.6. The Balaban J connectivity index is 2.08. The maximum absolute atomic E-state index is 13.3. The first kappa shape index (κ1) is 26.4. The number of fused-ring (bicyclic) bond motifs is 1. The first-order valence-electron chi connectivity index (χ1n) is 11.2. The first-order chi connectivity index (χ1) is 15.3. The van der Waals surface area contributed by atoms with E-state index in [0.29, 0.717) is 32.2 Å². The molecule has 2 aliphatic rings. The molecule has 2 amide bonds. The maximum atomic E-state index is 13.3. The van der Waals surface area contributed by atoms with Gasteiger partial charge < -0.3 is 37.3 Å². The van der Waals surface area contributed by atoms with Crippen molar-refractivity contribution in [1.29, 1.82) is 0 Å². The number of amides is 2. The molecule has 0 aromatic carbocycles. The molecule has 0 bridgehead atoms. The Bertz CT molecular complexity index is 791. The van der Waals surface area contributed by atoms with Crippen molar-refractivity contribution in [3.05, 3.63) is 0 Å². The lowest BCUT2D eigenvalue weighted by Crippen LogP contribution is -2.60. The molecule has 12 nitrogen and oxygen atoms in total. The van der Waals surface area contributed by atoms with Crippen LogP contribution in [0.25, 0.3) is 0 Å². The van der Waals surface area contributed by atoms with Crippen LogP contribution < -0.4 is 22.5 Å². The number of carbonyl (C=O) groups is 4. The lowest BCUT2D eigenvalue weighted by atomic mass is 9.89. The highest BCUT2D eigenvalue weighted by Crippen LogP contribution is 2.39. The normalized spacial score (nSPS) is 25.7. The van der Waals surface area contributed by atoms with Gasteiger partial charge in [0.2, 0.25) is 11.8 Å². The van der Waals surface area contributed by atoms with Gasteiger partial charge in [-0.1, -0.05) is 0 Å². The van der Waals surface area contributed by atoms with Crippen molar-refractivity contribution in [2.24, 2.45) is 28.1 Å². The molecule has 33 heavy (non-hydrogen) atoms. The highest BCUT2D eigenvalue weighted by Gasteiger charge is 2.52. The smallest absolute Gasteiger partial charge is 0.329 e. The van der Waals surface area contributed by atoms with E-state index in [9.17, 15) is 24.3 Å². The first-order valence-corrected chi connectivity index (χ1v) is 11.2. The zero-order valence-electron chi connectivity index (χ0n) is 19.5. The minimum Gasteiger partial charge on any atom is -0.481 e. The Labute approximate surface area is 193 Å². The number of hydrogen-bond acceptors (Lipinski definition) is 7. The molecular weight excluding hydrogens is 432 g/mol. The summed E-state index contributed by atoms with van der Waals surface area (Å²) in [5, 5.41) is 12.0. The molecule has 0 saturated carbocycles. The second kappa shape index (κ2) is 10.8. The van der Waals surface area contributed by atoms with Gasteiger partial charge in [-0.25, -0.2) is 4.79 Å². The third kappa shape index (κ3) is 7.31. The number of nitrogens with two attached hydrogens (primary N) is 3. The molecule has 2 saturated heterocycles. The number of carboxylic acids is 1. The van der Waals surface area contributed by atoms with E-state index in [-0.39, 0.29) is 24.7 Å². The highest BCUT2D eigenvalue weighted by molar-refractivity contribution is 5.93. The van der Waals surface area contributed by atoms with Crippen LogP contribution in [0, 0.1) is 5.92 Å². The number of aliphatic carboxylic acids is 1. The third-order valence-electron chi connectivity index (χ3n) is 5.80. The minimum absolute atomic E-state index is 0.0401. The van der Waals surface area contributed by atoms with Crippen LogP contribution in [0.4, 0.5) is 0 Å². The second-order valence-electron chi connectivity index (χ2n) is 9.65. The molecule has 0 unspecified atom stereocenters. The summed E-state index contributed by atoms with van der Waals surface area (Å²) in [5.74, 6) is -2.86. The van der Waals surface area contributed by atoms with Crippen molar-refractivity contribution < 1.29 is 29.0 Å². The molecule has 12 heteroatoms. The van der Waals surface area contributed by atoms with Crippen molar-refractivity contribution in [3.8, 4) is 0 Å². The predicted molar refractivity (Wildman–Crippen MR) is 120 cm³/mol. The van der Waals surface area contributed by atoms with Crippen molar-refractivity contribution in [2.45, 2.75) is 89.1 Å².